The van der Waals surface area contributed by atoms with Crippen molar-refractivity contribution in [3.8, 4) is 11.3 Å². The molecule has 11 heteroatoms. The van der Waals surface area contributed by atoms with E-state index in [9.17, 15) is 25.0 Å². The van der Waals surface area contributed by atoms with Gasteiger partial charge in [-0.3, -0.25) is 29.9 Å². The molecule has 1 saturated heterocycles. The van der Waals surface area contributed by atoms with Gasteiger partial charge in [0.1, 0.15) is 11.5 Å². The number of benzene rings is 2. The molecule has 0 radical (unpaired) electrons. The van der Waals surface area contributed by atoms with Crippen LogP contribution in [0.25, 0.3) is 17.4 Å². The number of hydrogen-bond acceptors (Lipinski definition) is 8. The van der Waals surface area contributed by atoms with E-state index in [1.165, 1.54) is 41.3 Å². The van der Waals surface area contributed by atoms with E-state index in [4.69, 9.17) is 16.6 Å². The van der Waals surface area contributed by atoms with Crippen LogP contribution in [-0.2, 0) is 4.79 Å². The normalized spacial score (nSPS) is 14.9. The number of anilines is 1. The van der Waals surface area contributed by atoms with Crippen LogP contribution in [0, 0.1) is 27.2 Å². The summed E-state index contributed by atoms with van der Waals surface area (Å²) in [5.41, 5.74) is 1.73. The van der Waals surface area contributed by atoms with Crippen molar-refractivity contribution in [3.05, 3.63) is 91.1 Å². The van der Waals surface area contributed by atoms with Crippen LogP contribution >= 0.6 is 24.0 Å². The number of thiocarbonyl (C=S) groups is 1. The fraction of sp³-hybridized carbons (Fsp3) is 0.0476. The summed E-state index contributed by atoms with van der Waals surface area (Å²) in [4.78, 5) is 35.3. The molecule has 1 aliphatic rings. The maximum Gasteiger partial charge on any atom is 0.270 e. The van der Waals surface area contributed by atoms with Gasteiger partial charge in [-0.1, -0.05) is 24.0 Å². The summed E-state index contributed by atoms with van der Waals surface area (Å²) in [5, 5.41) is 21.8. The van der Waals surface area contributed by atoms with E-state index < -0.39 is 9.85 Å². The predicted molar refractivity (Wildman–Crippen MR) is 124 cm³/mol. The number of nitro benzene ring substituents is 2. The van der Waals surface area contributed by atoms with Crippen LogP contribution in [0.3, 0.4) is 0 Å². The highest BCUT2D eigenvalue weighted by molar-refractivity contribution is 8.27. The molecule has 4 rings (SSSR count). The highest BCUT2D eigenvalue weighted by Gasteiger charge is 2.33. The molecule has 160 valence electrons. The van der Waals surface area contributed by atoms with Crippen molar-refractivity contribution in [2.75, 3.05) is 4.90 Å². The first-order valence-corrected chi connectivity index (χ1v) is 10.3. The largest absolute Gasteiger partial charge is 0.457 e. The molecule has 0 atom stereocenters. The van der Waals surface area contributed by atoms with E-state index in [0.29, 0.717) is 37.6 Å². The van der Waals surface area contributed by atoms with Crippen molar-refractivity contribution in [2.45, 2.75) is 6.92 Å². The van der Waals surface area contributed by atoms with Gasteiger partial charge in [0, 0.05) is 35.9 Å². The molecule has 0 spiro atoms. The van der Waals surface area contributed by atoms with Gasteiger partial charge in [0.25, 0.3) is 17.3 Å². The molecule has 1 aromatic heterocycles. The summed E-state index contributed by atoms with van der Waals surface area (Å²) < 4.78 is 6.13. The van der Waals surface area contributed by atoms with Crippen LogP contribution in [0.4, 0.5) is 17.1 Å². The second kappa shape index (κ2) is 8.36. The lowest BCUT2D eigenvalue weighted by atomic mass is 10.1. The van der Waals surface area contributed by atoms with Gasteiger partial charge in [-0.15, -0.1) is 0 Å². The molecule has 1 amide bonds. The lowest BCUT2D eigenvalue weighted by Gasteiger charge is -2.13. The third-order valence-electron chi connectivity index (χ3n) is 4.70. The molecule has 1 fully saturated rings. The van der Waals surface area contributed by atoms with E-state index >= 15 is 0 Å². The highest BCUT2D eigenvalue weighted by atomic mass is 32.2. The summed E-state index contributed by atoms with van der Waals surface area (Å²) in [6.07, 6.45) is 1.56. The zero-order valence-corrected chi connectivity index (χ0v) is 18.0. The van der Waals surface area contributed by atoms with Gasteiger partial charge in [0.15, 0.2) is 4.32 Å². The predicted octanol–water partition coefficient (Wildman–Crippen LogP) is 5.48. The molecule has 0 saturated carbocycles. The van der Waals surface area contributed by atoms with Gasteiger partial charge >= 0.3 is 0 Å². The molecular weight excluding hydrogens is 454 g/mol. The van der Waals surface area contributed by atoms with Crippen LogP contribution in [0.5, 0.6) is 0 Å². The third kappa shape index (κ3) is 4.03. The maximum atomic E-state index is 12.9. The smallest absolute Gasteiger partial charge is 0.270 e. The number of nitro groups is 2. The number of aryl methyl sites for hydroxylation is 1. The first-order valence-electron chi connectivity index (χ1n) is 9.12. The summed E-state index contributed by atoms with van der Waals surface area (Å²) in [5.74, 6) is 0.565. The van der Waals surface area contributed by atoms with Crippen molar-refractivity contribution < 1.29 is 19.1 Å². The number of furan rings is 1. The Morgan fingerprint density at radius 3 is 2.28 bits per heavy atom. The molecule has 2 heterocycles. The number of rotatable bonds is 5. The number of nitrogens with zero attached hydrogens (tertiary/aromatic N) is 3. The Kier molecular flexibility index (Phi) is 5.59. The fourth-order valence-corrected chi connectivity index (χ4v) is 4.44. The number of non-ortho nitro benzene ring substituents is 2. The monoisotopic (exact) mass is 467 g/mol. The zero-order valence-electron chi connectivity index (χ0n) is 16.4. The summed E-state index contributed by atoms with van der Waals surface area (Å²) in [6.45, 7) is 1.75. The van der Waals surface area contributed by atoms with Gasteiger partial charge in [-0.05, 0) is 42.8 Å². The number of thioether (sulfide) groups is 1. The Morgan fingerprint density at radius 1 is 1.00 bits per heavy atom. The van der Waals surface area contributed by atoms with Crippen molar-refractivity contribution in [1.29, 1.82) is 0 Å². The van der Waals surface area contributed by atoms with Crippen LogP contribution in [-0.4, -0.2) is 20.1 Å². The lowest BCUT2D eigenvalue weighted by molar-refractivity contribution is -0.385. The lowest BCUT2D eigenvalue weighted by Crippen LogP contribution is -2.27. The summed E-state index contributed by atoms with van der Waals surface area (Å²) in [7, 11) is 0. The number of amides is 1. The molecule has 0 N–H and O–H groups in total. The van der Waals surface area contributed by atoms with Crippen LogP contribution in [0.15, 0.2) is 63.9 Å². The quantitative estimate of drug-likeness (QED) is 0.209. The highest BCUT2D eigenvalue weighted by Crippen LogP contribution is 2.37. The Hall–Kier alpha value is -3.83. The first kappa shape index (κ1) is 21.4. The molecule has 32 heavy (non-hydrogen) atoms. The number of carbonyl (C=O) groups is 1. The van der Waals surface area contributed by atoms with E-state index in [1.807, 2.05) is 0 Å². The van der Waals surface area contributed by atoms with Gasteiger partial charge in [-0.2, -0.15) is 0 Å². The van der Waals surface area contributed by atoms with Gasteiger partial charge in [0.2, 0.25) is 0 Å². The number of carbonyl (C=O) groups excluding carboxylic acids is 1. The van der Waals surface area contributed by atoms with Crippen molar-refractivity contribution in [3.63, 3.8) is 0 Å². The van der Waals surface area contributed by atoms with E-state index in [1.54, 1.807) is 31.2 Å². The zero-order chi connectivity index (χ0) is 23.0. The summed E-state index contributed by atoms with van der Waals surface area (Å²) in [6, 6.07) is 13.4. The topological polar surface area (TPSA) is 120 Å². The van der Waals surface area contributed by atoms with E-state index in [-0.39, 0.29) is 17.3 Å². The average Bonchev–Trinajstić information content (AvgIpc) is 3.32. The standard InChI is InChI=1S/C21H13N3O6S2/c1-12-10-15(24(28)29)6-8-17(12)18-9-7-16(30-18)11-19-20(25)22(21(31)32-19)13-2-4-14(5-3-13)23(26)27/h2-11H,1H3/b19-11-. The fourth-order valence-electron chi connectivity index (χ4n) is 3.16. The van der Waals surface area contributed by atoms with E-state index in [0.717, 1.165) is 11.8 Å². The van der Waals surface area contributed by atoms with Gasteiger partial charge in [-0.25, -0.2) is 0 Å². The van der Waals surface area contributed by atoms with Gasteiger partial charge < -0.3 is 4.42 Å². The SMILES string of the molecule is Cc1cc([N+](=O)[O-])ccc1-c1ccc(/C=C2\SC(=S)N(c3ccc([N+](=O)[O-])cc3)C2=O)o1. The Labute approximate surface area is 190 Å². The van der Waals surface area contributed by atoms with Crippen molar-refractivity contribution in [1.82, 2.24) is 0 Å². The Morgan fingerprint density at radius 2 is 1.66 bits per heavy atom. The molecule has 9 nitrogen and oxygen atoms in total. The minimum Gasteiger partial charge on any atom is -0.457 e. The summed E-state index contributed by atoms with van der Waals surface area (Å²) >= 11 is 6.41. The second-order valence-corrected chi connectivity index (χ2v) is 8.42. The molecule has 1 aliphatic heterocycles. The minimum absolute atomic E-state index is 0.00653. The van der Waals surface area contributed by atoms with E-state index in [2.05, 4.69) is 0 Å². The first-order chi connectivity index (χ1) is 15.2. The Bertz CT molecular complexity index is 1310. The van der Waals surface area contributed by atoms with Crippen molar-refractivity contribution in [2.24, 2.45) is 0 Å². The van der Waals surface area contributed by atoms with Crippen LogP contribution < -0.4 is 4.90 Å². The van der Waals surface area contributed by atoms with Gasteiger partial charge in [0.05, 0.1) is 20.4 Å². The van der Waals surface area contributed by atoms with Crippen LogP contribution in [0.2, 0.25) is 0 Å². The number of hydrogen-bond donors (Lipinski definition) is 0. The molecule has 0 bridgehead atoms. The molecule has 2 aromatic carbocycles. The Balaban J connectivity index is 1.58. The minimum atomic E-state index is -0.519. The van der Waals surface area contributed by atoms with Crippen LogP contribution in [0.1, 0.15) is 11.3 Å². The molecular formula is C21H13N3O6S2. The van der Waals surface area contributed by atoms with Crippen molar-refractivity contribution >= 4 is 57.3 Å². The third-order valence-corrected chi connectivity index (χ3v) is 6.00. The molecule has 0 unspecified atom stereocenters. The molecule has 3 aromatic rings. The maximum absolute atomic E-state index is 12.9. The average molecular weight is 467 g/mol. The molecule has 0 aliphatic carbocycles. The second-order valence-electron chi connectivity index (χ2n) is 6.75.